The Morgan fingerprint density at radius 3 is 3.08 bits per heavy atom. The Balaban J connectivity index is 2.38. The van der Waals surface area contributed by atoms with Gasteiger partial charge in [-0.05, 0) is 19.1 Å². The lowest BCUT2D eigenvalue weighted by Crippen LogP contribution is -2.39. The van der Waals surface area contributed by atoms with Crippen LogP contribution in [-0.2, 0) is 6.54 Å². The third kappa shape index (κ3) is 2.72. The number of nitrogens with two attached hydrogens (primary N) is 1. The summed E-state index contributed by atoms with van der Waals surface area (Å²) in [6.45, 7) is 2.64. The molecule has 0 bridgehead atoms. The predicted octanol–water partition coefficient (Wildman–Crippen LogP) is 0.289. The van der Waals surface area contributed by atoms with Crippen LogP contribution in [0.4, 0.5) is 0 Å². The monoisotopic (exact) mass is 202 g/mol. The second-order valence-corrected chi connectivity index (χ2v) is 3.92. The Kier molecular flexibility index (Phi) is 3.39. The van der Waals surface area contributed by atoms with Gasteiger partial charge < -0.3 is 10.7 Å². The van der Waals surface area contributed by atoms with Crippen molar-refractivity contribution in [3.63, 3.8) is 0 Å². The second-order valence-electron chi connectivity index (χ2n) is 2.19. The summed E-state index contributed by atoms with van der Waals surface area (Å²) in [6.07, 6.45) is 1.83. The molecule has 0 unspecified atom stereocenters. The fourth-order valence-corrected chi connectivity index (χ4v) is 1.49. The molecule has 1 rings (SSSR count). The zero-order valence-electron chi connectivity index (χ0n) is 6.63. The number of hydrogen-bond acceptors (Lipinski definition) is 4. The van der Waals surface area contributed by atoms with E-state index < -0.39 is 0 Å². The van der Waals surface area contributed by atoms with Gasteiger partial charge in [-0.2, -0.15) is 0 Å². The summed E-state index contributed by atoms with van der Waals surface area (Å²) in [5.41, 5.74) is 2.34. The first-order valence-electron chi connectivity index (χ1n) is 3.38. The molecule has 6 heteroatoms. The van der Waals surface area contributed by atoms with E-state index in [1.54, 1.807) is 11.3 Å². The minimum atomic E-state index is 0.433. The number of nitrogens with zero attached hydrogens (tertiary/aromatic N) is 1. The zero-order chi connectivity index (χ0) is 8.97. The maximum absolute atomic E-state index is 5.07. The molecular formula is C6H10N4S2. The average Bonchev–Trinajstić information content (AvgIpc) is 2.47. The largest absolute Gasteiger partial charge is 0.355 e. The van der Waals surface area contributed by atoms with E-state index in [4.69, 9.17) is 18.1 Å². The molecule has 12 heavy (non-hydrogen) atoms. The van der Waals surface area contributed by atoms with Crippen LogP contribution < -0.4 is 16.6 Å². The molecule has 0 aromatic carbocycles. The molecule has 0 atom stereocenters. The van der Waals surface area contributed by atoms with E-state index in [1.165, 1.54) is 4.88 Å². The van der Waals surface area contributed by atoms with E-state index in [0.717, 1.165) is 5.01 Å². The van der Waals surface area contributed by atoms with Crippen LogP contribution in [0.5, 0.6) is 0 Å². The molecule has 4 nitrogen and oxygen atoms in total. The first-order valence-corrected chi connectivity index (χ1v) is 4.60. The molecule has 0 saturated carbocycles. The van der Waals surface area contributed by atoms with Gasteiger partial charge >= 0.3 is 0 Å². The number of thiazole rings is 1. The van der Waals surface area contributed by atoms with Crippen molar-refractivity contribution in [2.45, 2.75) is 13.5 Å². The van der Waals surface area contributed by atoms with Crippen molar-refractivity contribution in [1.29, 1.82) is 0 Å². The molecule has 1 aromatic heterocycles. The van der Waals surface area contributed by atoms with Gasteiger partial charge in [-0.15, -0.1) is 11.3 Å². The molecule has 4 N–H and O–H groups in total. The topological polar surface area (TPSA) is 63.0 Å². The Morgan fingerprint density at radius 1 is 1.83 bits per heavy atom. The molecule has 0 amide bonds. The highest BCUT2D eigenvalue weighted by Crippen LogP contribution is 2.09. The Hall–Kier alpha value is -0.720. The number of aryl methyl sites for hydroxylation is 1. The van der Waals surface area contributed by atoms with Crippen LogP contribution in [0.3, 0.4) is 0 Å². The fraction of sp³-hybridized carbons (Fsp3) is 0.333. The van der Waals surface area contributed by atoms with E-state index in [2.05, 4.69) is 15.7 Å². The van der Waals surface area contributed by atoms with Gasteiger partial charge in [-0.3, -0.25) is 0 Å². The smallest absolute Gasteiger partial charge is 0.180 e. The van der Waals surface area contributed by atoms with Crippen LogP contribution in [0.15, 0.2) is 6.20 Å². The third-order valence-electron chi connectivity index (χ3n) is 1.20. The lowest BCUT2D eigenvalue weighted by Gasteiger charge is -2.02. The van der Waals surface area contributed by atoms with Crippen molar-refractivity contribution in [2.75, 3.05) is 0 Å². The van der Waals surface area contributed by atoms with Crippen molar-refractivity contribution < 1.29 is 0 Å². The van der Waals surface area contributed by atoms with Crippen LogP contribution in [0, 0.1) is 6.92 Å². The van der Waals surface area contributed by atoms with Gasteiger partial charge in [0.25, 0.3) is 0 Å². The Bertz CT molecular complexity index is 270. The summed E-state index contributed by atoms with van der Waals surface area (Å²) in [5.74, 6) is 5.07. The maximum atomic E-state index is 5.07. The molecule has 0 saturated heterocycles. The zero-order valence-corrected chi connectivity index (χ0v) is 8.26. The average molecular weight is 202 g/mol. The standard InChI is InChI=1S/C6H10N4S2/c1-4-2-8-5(12-4)3-9-6(11)10-7/h2H,3,7H2,1H3,(H2,9,10,11). The van der Waals surface area contributed by atoms with Gasteiger partial charge in [-0.25, -0.2) is 10.8 Å². The molecule has 1 heterocycles. The van der Waals surface area contributed by atoms with Crippen molar-refractivity contribution in [2.24, 2.45) is 5.84 Å². The molecule has 0 aliphatic rings. The van der Waals surface area contributed by atoms with E-state index in [1.807, 2.05) is 13.1 Å². The molecule has 0 fully saturated rings. The number of aromatic nitrogens is 1. The molecule has 0 aliphatic heterocycles. The lowest BCUT2D eigenvalue weighted by atomic mass is 10.6. The van der Waals surface area contributed by atoms with Gasteiger partial charge in [0.1, 0.15) is 5.01 Å². The molecule has 66 valence electrons. The predicted molar refractivity (Wildman–Crippen MR) is 53.6 cm³/mol. The summed E-state index contributed by atoms with van der Waals surface area (Å²) in [6, 6.07) is 0. The molecule has 1 aromatic rings. The second kappa shape index (κ2) is 4.34. The van der Waals surface area contributed by atoms with Crippen LogP contribution in [0.25, 0.3) is 0 Å². The lowest BCUT2D eigenvalue weighted by molar-refractivity contribution is 0.858. The number of rotatable bonds is 2. The van der Waals surface area contributed by atoms with Gasteiger partial charge in [0.05, 0.1) is 6.54 Å². The highest BCUT2D eigenvalue weighted by molar-refractivity contribution is 7.80. The normalized spacial score (nSPS) is 9.50. The minimum Gasteiger partial charge on any atom is -0.355 e. The first-order chi connectivity index (χ1) is 5.72. The number of nitrogens with one attached hydrogen (secondary N) is 2. The number of thiocarbonyl (C=S) groups is 1. The molecule has 0 aliphatic carbocycles. The van der Waals surface area contributed by atoms with Gasteiger partial charge in [0.15, 0.2) is 5.11 Å². The molecule has 0 radical (unpaired) electrons. The van der Waals surface area contributed by atoms with Gasteiger partial charge in [0, 0.05) is 11.1 Å². The summed E-state index contributed by atoms with van der Waals surface area (Å²) < 4.78 is 0. The van der Waals surface area contributed by atoms with E-state index in [9.17, 15) is 0 Å². The van der Waals surface area contributed by atoms with Gasteiger partial charge in [0.2, 0.25) is 0 Å². The first kappa shape index (κ1) is 9.37. The summed E-state index contributed by atoms with van der Waals surface area (Å²) in [4.78, 5) is 5.34. The quantitative estimate of drug-likeness (QED) is 0.365. The minimum absolute atomic E-state index is 0.433. The fourth-order valence-electron chi connectivity index (χ4n) is 0.690. The molecular weight excluding hydrogens is 192 g/mol. The summed E-state index contributed by atoms with van der Waals surface area (Å²) in [7, 11) is 0. The van der Waals surface area contributed by atoms with Crippen LogP contribution in [0.2, 0.25) is 0 Å². The van der Waals surface area contributed by atoms with Crippen molar-refractivity contribution in [3.05, 3.63) is 16.1 Å². The van der Waals surface area contributed by atoms with Crippen molar-refractivity contribution >= 4 is 28.7 Å². The van der Waals surface area contributed by atoms with E-state index in [-0.39, 0.29) is 0 Å². The summed E-state index contributed by atoms with van der Waals surface area (Å²) in [5, 5.41) is 4.34. The van der Waals surface area contributed by atoms with Crippen LogP contribution in [0.1, 0.15) is 9.88 Å². The number of hydrogen-bond donors (Lipinski definition) is 3. The summed E-state index contributed by atoms with van der Waals surface area (Å²) >= 11 is 6.43. The SMILES string of the molecule is Cc1cnc(CNC(=S)NN)s1. The highest BCUT2D eigenvalue weighted by Gasteiger charge is 1.98. The Labute approximate surface area is 80.2 Å². The Morgan fingerprint density at radius 2 is 2.58 bits per heavy atom. The number of hydrazine groups is 1. The van der Waals surface area contributed by atoms with E-state index >= 15 is 0 Å². The molecule has 0 spiro atoms. The van der Waals surface area contributed by atoms with Crippen molar-refractivity contribution in [1.82, 2.24) is 15.7 Å². The van der Waals surface area contributed by atoms with E-state index in [0.29, 0.717) is 11.7 Å². The van der Waals surface area contributed by atoms with Crippen molar-refractivity contribution in [3.8, 4) is 0 Å². The van der Waals surface area contributed by atoms with Crippen LogP contribution in [-0.4, -0.2) is 10.1 Å². The third-order valence-corrected chi connectivity index (χ3v) is 2.38. The van der Waals surface area contributed by atoms with Crippen LogP contribution >= 0.6 is 23.6 Å². The highest BCUT2D eigenvalue weighted by atomic mass is 32.1. The van der Waals surface area contributed by atoms with Gasteiger partial charge in [-0.1, -0.05) is 0 Å². The maximum Gasteiger partial charge on any atom is 0.180 e.